The first-order valence-electron chi connectivity index (χ1n) is 7.77. The third-order valence-corrected chi connectivity index (χ3v) is 5.06. The van der Waals surface area contributed by atoms with Crippen molar-refractivity contribution in [3.8, 4) is 11.1 Å². The largest absolute Gasteiger partial charge is 0.285 e. The van der Waals surface area contributed by atoms with Crippen molar-refractivity contribution in [1.82, 2.24) is 0 Å². The molecular formula is C21H17Br2N. The Balaban J connectivity index is 1.74. The quantitative estimate of drug-likeness (QED) is 0.383. The van der Waals surface area contributed by atoms with Gasteiger partial charge in [0.15, 0.2) is 0 Å². The normalized spacial score (nSPS) is 12.5. The standard InChI is InChI=1S/C21H17Br2N/c1-15(20-12-11-19(22)13-21(20)23)24-14-16-7-9-18(10-8-16)17-5-3-2-4-6-17/h2-15H,1H3. The second-order valence-electron chi connectivity index (χ2n) is 5.61. The fraction of sp³-hybridized carbons (Fsp3) is 0.0952. The Kier molecular flexibility index (Phi) is 5.64. The lowest BCUT2D eigenvalue weighted by Gasteiger charge is -2.09. The van der Waals surface area contributed by atoms with Gasteiger partial charge in [-0.05, 0) is 41.3 Å². The number of benzene rings is 3. The fourth-order valence-electron chi connectivity index (χ4n) is 2.51. The van der Waals surface area contributed by atoms with Crippen LogP contribution in [0, 0.1) is 0 Å². The van der Waals surface area contributed by atoms with Crippen LogP contribution in [0.25, 0.3) is 11.1 Å². The Hall–Kier alpha value is -1.71. The minimum atomic E-state index is 0.0984. The van der Waals surface area contributed by atoms with Crippen LogP contribution >= 0.6 is 31.9 Å². The number of hydrogen-bond acceptors (Lipinski definition) is 1. The van der Waals surface area contributed by atoms with E-state index >= 15 is 0 Å². The van der Waals surface area contributed by atoms with E-state index in [4.69, 9.17) is 0 Å². The molecule has 0 aliphatic carbocycles. The van der Waals surface area contributed by atoms with Gasteiger partial charge in [0.05, 0.1) is 6.04 Å². The molecule has 3 aromatic carbocycles. The van der Waals surface area contributed by atoms with Crippen LogP contribution in [0.15, 0.2) is 86.7 Å². The monoisotopic (exact) mass is 441 g/mol. The van der Waals surface area contributed by atoms with Crippen molar-refractivity contribution in [3.05, 3.63) is 92.9 Å². The Morgan fingerprint density at radius 1 is 0.833 bits per heavy atom. The Morgan fingerprint density at radius 2 is 1.50 bits per heavy atom. The lowest BCUT2D eigenvalue weighted by atomic mass is 10.0. The molecule has 3 heteroatoms. The van der Waals surface area contributed by atoms with Crippen LogP contribution in [0.4, 0.5) is 0 Å². The summed E-state index contributed by atoms with van der Waals surface area (Å²) in [5.74, 6) is 0. The highest BCUT2D eigenvalue weighted by atomic mass is 79.9. The van der Waals surface area contributed by atoms with E-state index in [9.17, 15) is 0 Å². The lowest BCUT2D eigenvalue weighted by Crippen LogP contribution is -1.93. The molecule has 0 N–H and O–H groups in total. The maximum atomic E-state index is 4.69. The zero-order valence-corrected chi connectivity index (χ0v) is 16.5. The van der Waals surface area contributed by atoms with E-state index < -0.39 is 0 Å². The van der Waals surface area contributed by atoms with Gasteiger partial charge in [-0.15, -0.1) is 0 Å². The van der Waals surface area contributed by atoms with E-state index in [1.165, 1.54) is 16.7 Å². The smallest absolute Gasteiger partial charge is 0.0731 e. The molecule has 0 bridgehead atoms. The molecule has 0 radical (unpaired) electrons. The van der Waals surface area contributed by atoms with Crippen LogP contribution in [0.5, 0.6) is 0 Å². The fourth-order valence-corrected chi connectivity index (χ4v) is 3.89. The van der Waals surface area contributed by atoms with Crippen molar-refractivity contribution in [2.24, 2.45) is 4.99 Å². The Labute approximate surface area is 159 Å². The van der Waals surface area contributed by atoms with Crippen LogP contribution < -0.4 is 0 Å². The van der Waals surface area contributed by atoms with Crippen molar-refractivity contribution in [3.63, 3.8) is 0 Å². The third-order valence-electron chi connectivity index (χ3n) is 3.88. The molecule has 1 unspecified atom stereocenters. The number of aliphatic imine (C=N–C) groups is 1. The molecule has 120 valence electrons. The summed E-state index contributed by atoms with van der Waals surface area (Å²) in [5.41, 5.74) is 4.73. The van der Waals surface area contributed by atoms with E-state index in [0.717, 1.165) is 14.5 Å². The zero-order chi connectivity index (χ0) is 16.9. The SMILES string of the molecule is CC(N=Cc1ccc(-c2ccccc2)cc1)c1ccc(Br)cc1Br. The summed E-state index contributed by atoms with van der Waals surface area (Å²) in [5, 5.41) is 0. The number of nitrogens with zero attached hydrogens (tertiary/aromatic N) is 1. The molecule has 0 heterocycles. The van der Waals surface area contributed by atoms with E-state index in [1.54, 1.807) is 0 Å². The maximum Gasteiger partial charge on any atom is 0.0731 e. The molecular weight excluding hydrogens is 426 g/mol. The van der Waals surface area contributed by atoms with Gasteiger partial charge >= 0.3 is 0 Å². The van der Waals surface area contributed by atoms with Crippen molar-refractivity contribution in [2.45, 2.75) is 13.0 Å². The molecule has 1 atom stereocenters. The average molecular weight is 443 g/mol. The van der Waals surface area contributed by atoms with Gasteiger partial charge in [0, 0.05) is 15.2 Å². The van der Waals surface area contributed by atoms with Crippen LogP contribution in [-0.2, 0) is 0 Å². The summed E-state index contributed by atoms with van der Waals surface area (Å²) >= 11 is 7.08. The van der Waals surface area contributed by atoms with Gasteiger partial charge in [-0.2, -0.15) is 0 Å². The summed E-state index contributed by atoms with van der Waals surface area (Å²) < 4.78 is 2.13. The topological polar surface area (TPSA) is 12.4 Å². The van der Waals surface area contributed by atoms with Crippen molar-refractivity contribution in [1.29, 1.82) is 0 Å². The molecule has 0 saturated heterocycles. The first-order chi connectivity index (χ1) is 11.6. The molecule has 3 rings (SSSR count). The zero-order valence-electron chi connectivity index (χ0n) is 13.3. The predicted octanol–water partition coefficient (Wildman–Crippen LogP) is 7.06. The molecule has 0 aromatic heterocycles. The molecule has 0 aliphatic rings. The average Bonchev–Trinajstić information content (AvgIpc) is 2.61. The van der Waals surface area contributed by atoms with Crippen LogP contribution in [0.2, 0.25) is 0 Å². The number of halogens is 2. The molecule has 1 nitrogen and oxygen atoms in total. The van der Waals surface area contributed by atoms with Gasteiger partial charge in [0.1, 0.15) is 0 Å². The first kappa shape index (κ1) is 17.1. The summed E-state index contributed by atoms with van der Waals surface area (Å²) in [7, 11) is 0. The molecule has 3 aromatic rings. The molecule has 0 fully saturated rings. The molecule has 0 saturated carbocycles. The highest BCUT2D eigenvalue weighted by Gasteiger charge is 2.07. The maximum absolute atomic E-state index is 4.69. The molecule has 0 amide bonds. The summed E-state index contributed by atoms with van der Waals surface area (Å²) in [4.78, 5) is 4.69. The minimum absolute atomic E-state index is 0.0984. The molecule has 0 aliphatic heterocycles. The van der Waals surface area contributed by atoms with E-state index in [1.807, 2.05) is 18.3 Å². The van der Waals surface area contributed by atoms with Crippen molar-refractivity contribution in [2.75, 3.05) is 0 Å². The third kappa shape index (κ3) is 4.22. The minimum Gasteiger partial charge on any atom is -0.285 e. The summed E-state index contributed by atoms with van der Waals surface area (Å²) in [6.07, 6.45) is 1.94. The van der Waals surface area contributed by atoms with Crippen molar-refractivity contribution >= 4 is 38.1 Å². The van der Waals surface area contributed by atoms with Gasteiger partial charge in [0.25, 0.3) is 0 Å². The number of hydrogen-bond donors (Lipinski definition) is 0. The van der Waals surface area contributed by atoms with Gasteiger partial charge in [-0.1, -0.05) is 92.5 Å². The lowest BCUT2D eigenvalue weighted by molar-refractivity contribution is 0.820. The van der Waals surface area contributed by atoms with E-state index in [0.29, 0.717) is 0 Å². The van der Waals surface area contributed by atoms with E-state index in [-0.39, 0.29) is 6.04 Å². The van der Waals surface area contributed by atoms with Gasteiger partial charge in [0.2, 0.25) is 0 Å². The Morgan fingerprint density at radius 3 is 2.17 bits per heavy atom. The first-order valence-corrected chi connectivity index (χ1v) is 9.36. The second kappa shape index (κ2) is 7.91. The molecule has 0 spiro atoms. The van der Waals surface area contributed by atoms with Crippen LogP contribution in [0.3, 0.4) is 0 Å². The predicted molar refractivity (Wildman–Crippen MR) is 110 cm³/mol. The highest BCUT2D eigenvalue weighted by molar-refractivity contribution is 9.11. The van der Waals surface area contributed by atoms with Crippen molar-refractivity contribution < 1.29 is 0 Å². The van der Waals surface area contributed by atoms with Crippen LogP contribution in [0.1, 0.15) is 24.1 Å². The number of rotatable bonds is 4. The second-order valence-corrected chi connectivity index (χ2v) is 7.38. The van der Waals surface area contributed by atoms with Gasteiger partial charge in [-0.25, -0.2) is 0 Å². The summed E-state index contributed by atoms with van der Waals surface area (Å²) in [6, 6.07) is 25.2. The van der Waals surface area contributed by atoms with E-state index in [2.05, 4.69) is 104 Å². The molecule has 24 heavy (non-hydrogen) atoms. The summed E-state index contributed by atoms with van der Waals surface area (Å²) in [6.45, 7) is 2.10. The highest BCUT2D eigenvalue weighted by Crippen LogP contribution is 2.28. The Bertz CT molecular complexity index is 839. The van der Waals surface area contributed by atoms with Gasteiger partial charge in [-0.3, -0.25) is 4.99 Å². The van der Waals surface area contributed by atoms with Crippen LogP contribution in [-0.4, -0.2) is 6.21 Å². The van der Waals surface area contributed by atoms with Gasteiger partial charge < -0.3 is 0 Å².